The van der Waals surface area contributed by atoms with E-state index in [0.29, 0.717) is 22.0 Å². The van der Waals surface area contributed by atoms with Crippen LogP contribution < -0.4 is 10.1 Å². The normalized spacial score (nSPS) is 13.2. The molecule has 24 heavy (non-hydrogen) atoms. The van der Waals surface area contributed by atoms with Gasteiger partial charge in [-0.05, 0) is 30.7 Å². The molecule has 1 aromatic carbocycles. The molecular formula is C17H19ClN2O4. The number of nitrogens with zero attached hydrogens (tertiary/aromatic N) is 1. The van der Waals surface area contributed by atoms with E-state index in [9.17, 15) is 14.7 Å². The van der Waals surface area contributed by atoms with Crippen molar-refractivity contribution in [1.29, 1.82) is 0 Å². The summed E-state index contributed by atoms with van der Waals surface area (Å²) in [6.07, 6.45) is 1.33. The van der Waals surface area contributed by atoms with Crippen molar-refractivity contribution in [2.45, 2.75) is 18.9 Å². The number of ether oxygens (including phenoxy) is 1. The summed E-state index contributed by atoms with van der Waals surface area (Å²) in [5, 5.41) is 12.5. The summed E-state index contributed by atoms with van der Waals surface area (Å²) in [6, 6.07) is 8.50. The molecule has 0 saturated heterocycles. The van der Waals surface area contributed by atoms with Crippen LogP contribution in [0.4, 0.5) is 0 Å². The number of methoxy groups -OCH3 is 1. The highest BCUT2D eigenvalue weighted by Gasteiger charge is 2.33. The minimum absolute atomic E-state index is 0.274. The van der Waals surface area contributed by atoms with Crippen molar-refractivity contribution >= 4 is 23.5 Å². The monoisotopic (exact) mass is 350 g/mol. The lowest BCUT2D eigenvalue weighted by atomic mass is 9.88. The number of carbonyl (C=O) groups is 2. The number of hydrogen-bond acceptors (Lipinski definition) is 3. The van der Waals surface area contributed by atoms with Gasteiger partial charge < -0.3 is 19.7 Å². The number of benzene rings is 1. The van der Waals surface area contributed by atoms with Crippen molar-refractivity contribution in [2.24, 2.45) is 7.05 Å². The third-order valence-electron chi connectivity index (χ3n) is 3.81. The predicted molar refractivity (Wildman–Crippen MR) is 90.5 cm³/mol. The van der Waals surface area contributed by atoms with E-state index in [1.807, 2.05) is 0 Å². The molecule has 0 aliphatic rings. The summed E-state index contributed by atoms with van der Waals surface area (Å²) < 4.78 is 6.77. The summed E-state index contributed by atoms with van der Waals surface area (Å²) in [4.78, 5) is 23.9. The van der Waals surface area contributed by atoms with Crippen LogP contribution in [0.15, 0.2) is 36.5 Å². The Morgan fingerprint density at radius 3 is 2.62 bits per heavy atom. The molecule has 1 amide bonds. The quantitative estimate of drug-likeness (QED) is 0.839. The average molecular weight is 351 g/mol. The molecule has 0 fully saturated rings. The minimum atomic E-state index is -1.10. The number of carboxylic acid groups (broad SMARTS) is 1. The Morgan fingerprint density at radius 2 is 2.08 bits per heavy atom. The topological polar surface area (TPSA) is 80.6 Å². The van der Waals surface area contributed by atoms with Gasteiger partial charge in [-0.2, -0.15) is 0 Å². The van der Waals surface area contributed by atoms with Gasteiger partial charge in [0.2, 0.25) is 0 Å². The van der Waals surface area contributed by atoms with Crippen LogP contribution in [-0.2, 0) is 17.4 Å². The molecule has 0 aliphatic heterocycles. The summed E-state index contributed by atoms with van der Waals surface area (Å²) in [5.41, 5.74) is -0.119. The average Bonchev–Trinajstić information content (AvgIpc) is 2.85. The number of aryl methyl sites for hydroxylation is 1. The number of carbonyl (C=O) groups excluding carboxylic acids is 1. The van der Waals surface area contributed by atoms with E-state index < -0.39 is 17.4 Å². The summed E-state index contributed by atoms with van der Waals surface area (Å²) in [5.74, 6) is -0.846. The number of amides is 1. The van der Waals surface area contributed by atoms with E-state index in [1.54, 1.807) is 49.0 Å². The van der Waals surface area contributed by atoms with Crippen LogP contribution in [-0.4, -0.2) is 28.7 Å². The van der Waals surface area contributed by atoms with Crippen LogP contribution >= 0.6 is 11.6 Å². The molecular weight excluding hydrogens is 332 g/mol. The second kappa shape index (κ2) is 6.97. The van der Waals surface area contributed by atoms with Crippen LogP contribution in [0.5, 0.6) is 5.75 Å². The Morgan fingerprint density at radius 1 is 1.38 bits per heavy atom. The molecule has 0 aliphatic carbocycles. The van der Waals surface area contributed by atoms with Gasteiger partial charge in [-0.15, -0.1) is 0 Å². The predicted octanol–water partition coefficient (Wildman–Crippen LogP) is 2.81. The van der Waals surface area contributed by atoms with Crippen molar-refractivity contribution in [3.8, 4) is 5.75 Å². The first kappa shape index (κ1) is 17.9. The molecule has 0 bridgehead atoms. The lowest BCUT2D eigenvalue weighted by Gasteiger charge is -2.30. The zero-order valence-corrected chi connectivity index (χ0v) is 14.4. The Kier molecular flexibility index (Phi) is 5.19. The Labute approximate surface area is 145 Å². The van der Waals surface area contributed by atoms with Gasteiger partial charge in [0.1, 0.15) is 11.4 Å². The molecule has 0 radical (unpaired) electrons. The lowest BCUT2D eigenvalue weighted by Crippen LogP contribution is -2.45. The molecule has 2 rings (SSSR count). The second-order valence-corrected chi connectivity index (χ2v) is 6.18. The van der Waals surface area contributed by atoms with Gasteiger partial charge in [0.15, 0.2) is 0 Å². The Balaban J connectivity index is 2.38. The molecule has 2 aromatic rings. The zero-order chi connectivity index (χ0) is 17.9. The maximum atomic E-state index is 12.6. The van der Waals surface area contributed by atoms with Crippen LogP contribution in [0, 0.1) is 0 Å². The molecule has 1 aromatic heterocycles. The minimum Gasteiger partial charge on any atom is -0.497 e. The number of carboxylic acids is 1. The highest BCUT2D eigenvalue weighted by Crippen LogP contribution is 2.28. The van der Waals surface area contributed by atoms with Crippen molar-refractivity contribution in [3.63, 3.8) is 0 Å². The number of rotatable bonds is 6. The van der Waals surface area contributed by atoms with Gasteiger partial charge in [-0.25, -0.2) is 0 Å². The van der Waals surface area contributed by atoms with Gasteiger partial charge in [0.25, 0.3) is 5.91 Å². The van der Waals surface area contributed by atoms with E-state index in [0.717, 1.165) is 0 Å². The fraction of sp³-hybridized carbons (Fsp3) is 0.294. The van der Waals surface area contributed by atoms with E-state index in [-0.39, 0.29) is 6.42 Å². The number of hydrogen-bond donors (Lipinski definition) is 2. The largest absolute Gasteiger partial charge is 0.497 e. The fourth-order valence-corrected chi connectivity index (χ4v) is 2.80. The Hall–Kier alpha value is -2.47. The van der Waals surface area contributed by atoms with Crippen LogP contribution in [0.25, 0.3) is 0 Å². The van der Waals surface area contributed by atoms with Crippen molar-refractivity contribution in [2.75, 3.05) is 7.11 Å². The molecule has 2 N–H and O–H groups in total. The molecule has 1 atom stereocenters. The van der Waals surface area contributed by atoms with Gasteiger partial charge in [0, 0.05) is 13.2 Å². The van der Waals surface area contributed by atoms with Crippen molar-refractivity contribution in [3.05, 3.63) is 52.8 Å². The highest BCUT2D eigenvalue weighted by atomic mass is 35.5. The van der Waals surface area contributed by atoms with E-state index >= 15 is 0 Å². The highest BCUT2D eigenvalue weighted by molar-refractivity contribution is 6.31. The first-order chi connectivity index (χ1) is 11.2. The van der Waals surface area contributed by atoms with Gasteiger partial charge in [-0.3, -0.25) is 9.59 Å². The molecule has 0 spiro atoms. The Bertz CT molecular complexity index is 772. The van der Waals surface area contributed by atoms with E-state index in [1.165, 1.54) is 13.2 Å². The lowest BCUT2D eigenvalue weighted by molar-refractivity contribution is -0.138. The summed E-state index contributed by atoms with van der Waals surface area (Å²) in [6.45, 7) is 1.67. The number of halogens is 1. The van der Waals surface area contributed by atoms with E-state index in [2.05, 4.69) is 5.32 Å². The van der Waals surface area contributed by atoms with Crippen LogP contribution in [0.2, 0.25) is 5.02 Å². The fourth-order valence-electron chi connectivity index (χ4n) is 2.55. The number of aliphatic carboxylic acids is 1. The first-order valence-corrected chi connectivity index (χ1v) is 7.63. The first-order valence-electron chi connectivity index (χ1n) is 7.26. The number of nitrogens with one attached hydrogen (secondary N) is 1. The summed E-state index contributed by atoms with van der Waals surface area (Å²) >= 11 is 5.91. The summed E-state index contributed by atoms with van der Waals surface area (Å²) in [7, 11) is 3.22. The molecule has 128 valence electrons. The van der Waals surface area contributed by atoms with E-state index in [4.69, 9.17) is 16.3 Å². The number of aromatic nitrogens is 1. The molecule has 0 saturated carbocycles. The third kappa shape index (κ3) is 3.89. The maximum Gasteiger partial charge on any atom is 0.306 e. The smallest absolute Gasteiger partial charge is 0.306 e. The molecule has 1 heterocycles. The SMILES string of the molecule is COc1cccc(C(C)(CC(=O)O)NC(=O)c2cc(Cl)cn2C)c1. The van der Waals surface area contributed by atoms with Crippen molar-refractivity contribution < 1.29 is 19.4 Å². The zero-order valence-electron chi connectivity index (χ0n) is 13.7. The van der Waals surface area contributed by atoms with Crippen LogP contribution in [0.3, 0.4) is 0 Å². The van der Waals surface area contributed by atoms with Crippen molar-refractivity contribution in [1.82, 2.24) is 9.88 Å². The maximum absolute atomic E-state index is 12.6. The molecule has 1 unspecified atom stereocenters. The standard InChI is InChI=1S/C17H19ClN2O4/c1-17(9-15(21)22,11-5-4-6-13(7-11)24-3)19-16(23)14-8-12(18)10-20(14)2/h4-8,10H,9H2,1-3H3,(H,19,23)(H,21,22). The van der Waals surface area contributed by atoms with Gasteiger partial charge in [-0.1, -0.05) is 23.7 Å². The van der Waals surface area contributed by atoms with Gasteiger partial charge >= 0.3 is 5.97 Å². The van der Waals surface area contributed by atoms with Crippen LogP contribution in [0.1, 0.15) is 29.4 Å². The third-order valence-corrected chi connectivity index (χ3v) is 4.01. The molecule has 7 heteroatoms. The van der Waals surface area contributed by atoms with Gasteiger partial charge in [0.05, 0.1) is 24.1 Å². The molecule has 6 nitrogen and oxygen atoms in total. The second-order valence-electron chi connectivity index (χ2n) is 5.74.